The summed E-state index contributed by atoms with van der Waals surface area (Å²) in [6.07, 6.45) is 21.8. The maximum atomic E-state index is 11.7. The van der Waals surface area contributed by atoms with E-state index in [-0.39, 0.29) is 6.10 Å². The molecule has 0 aromatic heterocycles. The smallest absolute Gasteiger partial charge is 0.0734 e. The van der Waals surface area contributed by atoms with Crippen LogP contribution in [0.3, 0.4) is 0 Å². The Hall–Kier alpha value is 2.15. The Bertz CT molecular complexity index is 605. The van der Waals surface area contributed by atoms with Crippen molar-refractivity contribution in [3.8, 4) is 0 Å². The highest BCUT2D eigenvalue weighted by Gasteiger charge is 2.42. The predicted molar refractivity (Wildman–Crippen MR) is 179 cm³/mol. The molecule has 0 radical (unpaired) electrons. The summed E-state index contributed by atoms with van der Waals surface area (Å²) in [4.78, 5) is 0. The molecule has 0 aliphatic heterocycles. The van der Waals surface area contributed by atoms with Gasteiger partial charge in [0.15, 0.2) is 0 Å². The van der Waals surface area contributed by atoms with Crippen LogP contribution >= 0.6 is 67.8 Å². The quantitative estimate of drug-likeness (QED) is 0.154. The van der Waals surface area contributed by atoms with Crippen LogP contribution in [0, 0.1) is 47.3 Å². The average Bonchev–Trinajstić information content (AvgIpc) is 3.27. The topological polar surface area (TPSA) is 20.2 Å². The maximum Gasteiger partial charge on any atom is 0.0734 e. The van der Waals surface area contributed by atoms with Crippen LogP contribution in [0.4, 0.5) is 0 Å². The van der Waals surface area contributed by atoms with E-state index in [1.165, 1.54) is 96.3 Å². The van der Waals surface area contributed by atoms with Crippen LogP contribution in [0.15, 0.2) is 0 Å². The van der Waals surface area contributed by atoms with Crippen LogP contribution < -0.4 is 0 Å². The molecule has 1 N–H and O–H groups in total. The largest absolute Gasteiger partial charge is 0.393 e. The van der Waals surface area contributed by atoms with Gasteiger partial charge in [0.25, 0.3) is 0 Å². The molecule has 0 saturated heterocycles. The van der Waals surface area contributed by atoms with Crippen molar-refractivity contribution in [2.45, 2.75) is 142 Å². The molecule has 0 aromatic rings. The average molecular weight is 824 g/mol. The molecule has 0 bridgehead atoms. The number of hydrogen-bond acceptors (Lipinski definition) is 1. The Labute approximate surface area is 259 Å². The van der Waals surface area contributed by atoms with Crippen LogP contribution in [-0.4, -0.2) is 16.6 Å². The Morgan fingerprint density at radius 3 is 2.20 bits per heavy atom. The molecule has 3 fully saturated rings. The van der Waals surface area contributed by atoms with E-state index in [4.69, 9.17) is 0 Å². The summed E-state index contributed by atoms with van der Waals surface area (Å²) in [5.74, 6) is 6.62. The van der Waals surface area contributed by atoms with E-state index in [1.807, 2.05) is 0 Å². The van der Waals surface area contributed by atoms with Gasteiger partial charge in [-0.05, 0) is 112 Å². The Morgan fingerprint density at radius 1 is 0.857 bits per heavy atom. The number of aliphatic hydroxyl groups is 1. The van der Waals surface area contributed by atoms with Crippen molar-refractivity contribution in [3.05, 3.63) is 0 Å². The van der Waals surface area contributed by atoms with Crippen LogP contribution in [0.25, 0.3) is 0 Å². The number of unbranched alkanes of at least 4 members (excludes halogenated alkanes) is 1. The molecular formula is C31H55I3O. The summed E-state index contributed by atoms with van der Waals surface area (Å²) in [6.45, 7) is 9.57. The molecule has 9 unspecified atom stereocenters. The van der Waals surface area contributed by atoms with Gasteiger partial charge in [-0.15, -0.1) is 0 Å². The molecule has 3 aliphatic carbocycles. The standard InChI is InChI=1S/C31H55I3O/c1-5-8-9-23(7-3)25-16-27(19-29(32)18-25)30(35)20-26-17-28(31(4,33)34)13-12-24(26)15-22-11-10-21(6-2)14-22/h21-30,35H,5-20H2,1-4H3/t21?,22?,23?,24?,25?,26-,27?,28?,29?,30?/m1/s1. The van der Waals surface area contributed by atoms with E-state index >= 15 is 0 Å². The molecule has 0 spiro atoms. The molecule has 3 saturated carbocycles. The van der Waals surface area contributed by atoms with Gasteiger partial charge >= 0.3 is 0 Å². The second-order valence-corrected chi connectivity index (χ2v) is 21.4. The van der Waals surface area contributed by atoms with Gasteiger partial charge in [-0.1, -0.05) is 133 Å². The van der Waals surface area contributed by atoms with Crippen molar-refractivity contribution in [2.75, 3.05) is 0 Å². The number of rotatable bonds is 12. The van der Waals surface area contributed by atoms with Gasteiger partial charge in [0, 0.05) is 3.92 Å². The SMILES string of the molecule is CCCCC(CC)C1CC(I)CC(C(O)C[C@H]2CC(C(C)(I)I)CCC2CC2CCC(CC)C2)C1. The van der Waals surface area contributed by atoms with Gasteiger partial charge in [-0.25, -0.2) is 0 Å². The van der Waals surface area contributed by atoms with E-state index in [0.29, 0.717) is 7.35 Å². The first kappa shape index (κ1) is 31.7. The molecule has 0 aromatic carbocycles. The molecular weight excluding hydrogens is 769 g/mol. The first-order valence-electron chi connectivity index (χ1n) is 15.3. The lowest BCUT2D eigenvalue weighted by Crippen LogP contribution is -2.38. The van der Waals surface area contributed by atoms with E-state index < -0.39 is 0 Å². The van der Waals surface area contributed by atoms with Gasteiger partial charge in [0.1, 0.15) is 0 Å². The summed E-state index contributed by atoms with van der Waals surface area (Å²) in [5.41, 5.74) is 0. The normalized spacial score (nSPS) is 38.4. The monoisotopic (exact) mass is 824 g/mol. The van der Waals surface area contributed by atoms with E-state index in [2.05, 4.69) is 95.5 Å². The Balaban J connectivity index is 1.65. The van der Waals surface area contributed by atoms with Crippen molar-refractivity contribution in [1.82, 2.24) is 0 Å². The molecule has 0 heterocycles. The Kier molecular flexibility index (Phi) is 13.8. The van der Waals surface area contributed by atoms with Crippen LogP contribution in [-0.2, 0) is 0 Å². The van der Waals surface area contributed by atoms with Crippen LogP contribution in [0.5, 0.6) is 0 Å². The van der Waals surface area contributed by atoms with Crippen molar-refractivity contribution in [1.29, 1.82) is 0 Å². The number of halogens is 3. The lowest BCUT2D eigenvalue weighted by atomic mass is 9.65. The van der Waals surface area contributed by atoms with Crippen molar-refractivity contribution >= 4 is 67.8 Å². The molecule has 3 rings (SSSR count). The fraction of sp³-hybridized carbons (Fsp3) is 1.00. The zero-order valence-electron chi connectivity index (χ0n) is 23.2. The molecule has 206 valence electrons. The highest BCUT2D eigenvalue weighted by atomic mass is 127. The van der Waals surface area contributed by atoms with E-state index in [0.717, 1.165) is 51.8 Å². The summed E-state index contributed by atoms with van der Waals surface area (Å²) in [7, 11) is 0. The summed E-state index contributed by atoms with van der Waals surface area (Å²) >= 11 is 8.12. The van der Waals surface area contributed by atoms with E-state index in [9.17, 15) is 5.11 Å². The lowest BCUT2D eigenvalue weighted by molar-refractivity contribution is 0.0174. The summed E-state index contributed by atoms with van der Waals surface area (Å²) < 4.78 is 1.11. The minimum Gasteiger partial charge on any atom is -0.393 e. The second-order valence-electron chi connectivity index (χ2n) is 13.1. The molecule has 4 heteroatoms. The molecule has 1 nitrogen and oxygen atoms in total. The second kappa shape index (κ2) is 15.2. The van der Waals surface area contributed by atoms with Crippen molar-refractivity contribution in [3.63, 3.8) is 0 Å². The first-order chi connectivity index (χ1) is 16.6. The van der Waals surface area contributed by atoms with Gasteiger partial charge in [-0.3, -0.25) is 0 Å². The van der Waals surface area contributed by atoms with Gasteiger partial charge < -0.3 is 5.11 Å². The highest BCUT2D eigenvalue weighted by Crippen LogP contribution is 2.51. The molecule has 10 atom stereocenters. The minimum absolute atomic E-state index is 0.0772. The number of hydrogen-bond donors (Lipinski definition) is 1. The first-order valence-corrected chi connectivity index (χ1v) is 18.7. The summed E-state index contributed by atoms with van der Waals surface area (Å²) in [6, 6.07) is 0. The lowest BCUT2D eigenvalue weighted by Gasteiger charge is -2.44. The van der Waals surface area contributed by atoms with Crippen LogP contribution in [0.2, 0.25) is 0 Å². The third-order valence-electron chi connectivity index (χ3n) is 10.7. The maximum absolute atomic E-state index is 11.7. The molecule has 3 aliphatic rings. The van der Waals surface area contributed by atoms with Gasteiger partial charge in [0.2, 0.25) is 0 Å². The van der Waals surface area contributed by atoms with Gasteiger partial charge in [0.05, 0.1) is 7.53 Å². The van der Waals surface area contributed by atoms with E-state index in [1.54, 1.807) is 0 Å². The number of aliphatic hydroxyl groups excluding tert-OH is 1. The fourth-order valence-electron chi connectivity index (χ4n) is 8.35. The van der Waals surface area contributed by atoms with Crippen LogP contribution in [0.1, 0.15) is 130 Å². The third kappa shape index (κ3) is 9.63. The zero-order chi connectivity index (χ0) is 25.6. The van der Waals surface area contributed by atoms with Crippen molar-refractivity contribution < 1.29 is 5.11 Å². The predicted octanol–water partition coefficient (Wildman–Crippen LogP) is 11.0. The number of alkyl halides is 3. The third-order valence-corrected chi connectivity index (χ3v) is 13.4. The highest BCUT2D eigenvalue weighted by molar-refractivity contribution is 14.2. The van der Waals surface area contributed by atoms with Gasteiger partial charge in [-0.2, -0.15) is 0 Å². The fourth-order valence-corrected chi connectivity index (χ4v) is 10.8. The van der Waals surface area contributed by atoms with Crippen molar-refractivity contribution in [2.24, 2.45) is 47.3 Å². The molecule has 0 amide bonds. The zero-order valence-corrected chi connectivity index (χ0v) is 29.6. The summed E-state index contributed by atoms with van der Waals surface area (Å²) in [5, 5.41) is 11.7. The minimum atomic E-state index is -0.0772. The molecule has 35 heavy (non-hydrogen) atoms. The Morgan fingerprint density at radius 2 is 1.57 bits per heavy atom.